The number of benzene rings is 1. The Hall–Kier alpha value is -0.770. The van der Waals surface area contributed by atoms with Gasteiger partial charge in [0.1, 0.15) is 0 Å². The van der Waals surface area contributed by atoms with Gasteiger partial charge in [-0.25, -0.2) is 0 Å². The predicted molar refractivity (Wildman–Crippen MR) is 65.7 cm³/mol. The maximum Gasteiger partial charge on any atom is 0.241 e. The number of nitrogens with two attached hydrogens (primary N) is 1. The summed E-state index contributed by atoms with van der Waals surface area (Å²) < 4.78 is 0. The summed E-state index contributed by atoms with van der Waals surface area (Å²) in [6, 6.07) is 4.90. The molecule has 5 heteroatoms. The van der Waals surface area contributed by atoms with Gasteiger partial charge in [0, 0.05) is 0 Å². The van der Waals surface area contributed by atoms with Crippen LogP contribution in [0.3, 0.4) is 0 Å². The topological polar surface area (TPSA) is 55.1 Å². The van der Waals surface area contributed by atoms with Gasteiger partial charge in [0.25, 0.3) is 0 Å². The Balaban J connectivity index is 0.00000196. The highest BCUT2D eigenvalue weighted by atomic mass is 35.5. The molecular weight excluding hydrogens is 235 g/mol. The summed E-state index contributed by atoms with van der Waals surface area (Å²) in [4.78, 5) is 11.3. The van der Waals surface area contributed by atoms with Gasteiger partial charge in [0.05, 0.1) is 16.8 Å². The average molecular weight is 249 g/mol. The monoisotopic (exact) mass is 248 g/mol. The maximum absolute atomic E-state index is 11.3. The van der Waals surface area contributed by atoms with Crippen molar-refractivity contribution in [3.8, 4) is 0 Å². The molecule has 1 rings (SSSR count). The summed E-state index contributed by atoms with van der Waals surface area (Å²) in [6.07, 6.45) is 0. The highest BCUT2D eigenvalue weighted by Crippen LogP contribution is 2.25. The molecule has 0 aliphatic rings. The number of carbonyl (C=O) groups excluding carboxylic acids is 1. The molecule has 15 heavy (non-hydrogen) atoms. The molecule has 84 valence electrons. The number of para-hydroxylation sites is 1. The highest BCUT2D eigenvalue weighted by molar-refractivity contribution is 6.34. The lowest BCUT2D eigenvalue weighted by atomic mass is 10.2. The Morgan fingerprint density at radius 1 is 1.53 bits per heavy atom. The Bertz CT molecular complexity index is 333. The number of amides is 1. The van der Waals surface area contributed by atoms with E-state index in [0.717, 1.165) is 5.56 Å². The number of aryl methyl sites for hydroxylation is 1. The van der Waals surface area contributed by atoms with Crippen LogP contribution in [-0.2, 0) is 4.79 Å². The second-order valence-electron chi connectivity index (χ2n) is 3.21. The normalized spacial score (nSPS) is 11.5. The van der Waals surface area contributed by atoms with E-state index >= 15 is 0 Å². The van der Waals surface area contributed by atoms with E-state index in [4.69, 9.17) is 17.3 Å². The number of nitrogens with one attached hydrogen (secondary N) is 1. The van der Waals surface area contributed by atoms with E-state index in [2.05, 4.69) is 5.32 Å². The van der Waals surface area contributed by atoms with Crippen molar-refractivity contribution in [1.82, 2.24) is 0 Å². The van der Waals surface area contributed by atoms with Crippen LogP contribution in [0.2, 0.25) is 5.02 Å². The summed E-state index contributed by atoms with van der Waals surface area (Å²) in [7, 11) is 0. The minimum absolute atomic E-state index is 0. The number of anilines is 1. The van der Waals surface area contributed by atoms with Crippen LogP contribution in [0, 0.1) is 6.92 Å². The second-order valence-corrected chi connectivity index (χ2v) is 3.62. The molecule has 3 nitrogen and oxygen atoms in total. The summed E-state index contributed by atoms with van der Waals surface area (Å²) >= 11 is 5.92. The fourth-order valence-corrected chi connectivity index (χ4v) is 1.30. The molecule has 0 aliphatic heterocycles. The minimum Gasteiger partial charge on any atom is -0.323 e. The van der Waals surface area contributed by atoms with Gasteiger partial charge in [-0.05, 0) is 25.5 Å². The lowest BCUT2D eigenvalue weighted by Crippen LogP contribution is -2.32. The first-order valence-electron chi connectivity index (χ1n) is 4.34. The lowest BCUT2D eigenvalue weighted by molar-refractivity contribution is -0.117. The SMILES string of the molecule is Cc1cccc(Cl)c1NC(=O)C(C)N.Cl. The van der Waals surface area contributed by atoms with Crippen LogP contribution in [0.4, 0.5) is 5.69 Å². The minimum atomic E-state index is -0.536. The molecule has 0 spiro atoms. The molecular formula is C10H14Cl2N2O. The third-order valence-electron chi connectivity index (χ3n) is 1.88. The largest absolute Gasteiger partial charge is 0.323 e. The van der Waals surface area contributed by atoms with E-state index < -0.39 is 6.04 Å². The number of hydrogen-bond acceptors (Lipinski definition) is 2. The molecule has 1 atom stereocenters. The van der Waals surface area contributed by atoms with Crippen LogP contribution in [-0.4, -0.2) is 11.9 Å². The number of carbonyl (C=O) groups is 1. The molecule has 0 bridgehead atoms. The van der Waals surface area contributed by atoms with Crippen molar-refractivity contribution in [3.63, 3.8) is 0 Å². The first kappa shape index (κ1) is 14.2. The van der Waals surface area contributed by atoms with Gasteiger partial charge in [0.15, 0.2) is 0 Å². The standard InChI is InChI=1S/C10H13ClN2O.ClH/c1-6-4-3-5-8(11)9(6)13-10(14)7(2)12;/h3-5,7H,12H2,1-2H3,(H,13,14);1H. The molecule has 0 saturated heterocycles. The number of rotatable bonds is 2. The fraction of sp³-hybridized carbons (Fsp3) is 0.300. The Kier molecular flexibility index (Phi) is 5.65. The van der Waals surface area contributed by atoms with Gasteiger partial charge in [-0.1, -0.05) is 23.7 Å². The van der Waals surface area contributed by atoms with Crippen molar-refractivity contribution in [3.05, 3.63) is 28.8 Å². The van der Waals surface area contributed by atoms with Gasteiger partial charge < -0.3 is 11.1 Å². The summed E-state index contributed by atoms with van der Waals surface area (Å²) in [5.41, 5.74) is 6.99. The summed E-state index contributed by atoms with van der Waals surface area (Å²) in [5, 5.41) is 3.21. The molecule has 0 saturated carbocycles. The van der Waals surface area contributed by atoms with Crippen LogP contribution >= 0.6 is 24.0 Å². The van der Waals surface area contributed by atoms with Gasteiger partial charge in [-0.2, -0.15) is 0 Å². The Morgan fingerprint density at radius 2 is 2.13 bits per heavy atom. The van der Waals surface area contributed by atoms with E-state index in [9.17, 15) is 4.79 Å². The van der Waals surface area contributed by atoms with Crippen molar-refractivity contribution in [2.24, 2.45) is 5.73 Å². The first-order chi connectivity index (χ1) is 6.52. The third kappa shape index (κ3) is 3.70. The molecule has 0 heterocycles. The highest BCUT2D eigenvalue weighted by Gasteiger charge is 2.10. The molecule has 0 radical (unpaired) electrons. The van der Waals surface area contributed by atoms with E-state index in [1.807, 2.05) is 19.1 Å². The van der Waals surface area contributed by atoms with Crippen LogP contribution in [0.25, 0.3) is 0 Å². The molecule has 1 aromatic carbocycles. The van der Waals surface area contributed by atoms with Gasteiger partial charge in [-0.15, -0.1) is 12.4 Å². The quantitative estimate of drug-likeness (QED) is 0.845. The Labute approximate surface area is 100 Å². The molecule has 0 aliphatic carbocycles. The molecule has 0 fully saturated rings. The van der Waals surface area contributed by atoms with E-state index in [1.165, 1.54) is 0 Å². The average Bonchev–Trinajstić information content (AvgIpc) is 2.11. The molecule has 0 aromatic heterocycles. The van der Waals surface area contributed by atoms with Crippen LogP contribution in [0.5, 0.6) is 0 Å². The van der Waals surface area contributed by atoms with Crippen molar-refractivity contribution >= 4 is 35.6 Å². The second kappa shape index (κ2) is 5.95. The maximum atomic E-state index is 11.3. The van der Waals surface area contributed by atoms with E-state index in [1.54, 1.807) is 13.0 Å². The predicted octanol–water partition coefficient (Wildman–Crippen LogP) is 2.36. The van der Waals surface area contributed by atoms with Crippen molar-refractivity contribution in [2.45, 2.75) is 19.9 Å². The molecule has 1 unspecified atom stereocenters. The third-order valence-corrected chi connectivity index (χ3v) is 2.20. The van der Waals surface area contributed by atoms with Gasteiger partial charge in [0.2, 0.25) is 5.91 Å². The van der Waals surface area contributed by atoms with Crippen LogP contribution in [0.1, 0.15) is 12.5 Å². The fourth-order valence-electron chi connectivity index (χ4n) is 1.03. The summed E-state index contributed by atoms with van der Waals surface area (Å²) in [5.74, 6) is -0.235. The molecule has 1 amide bonds. The number of hydrogen-bond donors (Lipinski definition) is 2. The zero-order valence-electron chi connectivity index (χ0n) is 8.58. The van der Waals surface area contributed by atoms with Crippen molar-refractivity contribution < 1.29 is 4.79 Å². The zero-order valence-corrected chi connectivity index (χ0v) is 10.2. The zero-order chi connectivity index (χ0) is 10.7. The summed E-state index contributed by atoms with van der Waals surface area (Å²) in [6.45, 7) is 3.50. The Morgan fingerprint density at radius 3 is 2.60 bits per heavy atom. The number of halogens is 2. The van der Waals surface area contributed by atoms with Crippen molar-refractivity contribution in [1.29, 1.82) is 0 Å². The molecule has 3 N–H and O–H groups in total. The molecule has 1 aromatic rings. The smallest absolute Gasteiger partial charge is 0.241 e. The van der Waals surface area contributed by atoms with Crippen LogP contribution < -0.4 is 11.1 Å². The van der Waals surface area contributed by atoms with Gasteiger partial charge >= 0.3 is 0 Å². The van der Waals surface area contributed by atoms with Crippen LogP contribution in [0.15, 0.2) is 18.2 Å². The van der Waals surface area contributed by atoms with E-state index in [-0.39, 0.29) is 18.3 Å². The van der Waals surface area contributed by atoms with E-state index in [0.29, 0.717) is 10.7 Å². The first-order valence-corrected chi connectivity index (χ1v) is 4.71. The lowest BCUT2D eigenvalue weighted by Gasteiger charge is -2.11. The van der Waals surface area contributed by atoms with Crippen molar-refractivity contribution in [2.75, 3.05) is 5.32 Å². The van der Waals surface area contributed by atoms with Gasteiger partial charge in [-0.3, -0.25) is 4.79 Å².